The molecule has 1 aliphatic heterocycles. The van der Waals surface area contributed by atoms with Crippen LogP contribution >= 0.6 is 23.2 Å². The van der Waals surface area contributed by atoms with Gasteiger partial charge in [0.25, 0.3) is 0 Å². The fourth-order valence-corrected chi connectivity index (χ4v) is 2.61. The molecular weight excluding hydrogens is 273 g/mol. The molecule has 1 aromatic rings. The Morgan fingerprint density at radius 1 is 1.44 bits per heavy atom. The fraction of sp³-hybridized carbons (Fsp3) is 0.417. The molecule has 6 heteroatoms. The van der Waals surface area contributed by atoms with Crippen molar-refractivity contribution in [2.75, 3.05) is 6.54 Å². The number of rotatable bonds is 3. The maximum Gasteiger partial charge on any atom is 0.156 e. The number of hydrogen-bond acceptors (Lipinski definition) is 3. The highest BCUT2D eigenvalue weighted by Gasteiger charge is 2.27. The van der Waals surface area contributed by atoms with Gasteiger partial charge in [0.05, 0.1) is 16.1 Å². The van der Waals surface area contributed by atoms with Gasteiger partial charge in [0.2, 0.25) is 0 Å². The molecule has 0 amide bonds. The summed E-state index contributed by atoms with van der Waals surface area (Å²) in [6.07, 6.45) is 1.96. The predicted octanol–water partition coefficient (Wildman–Crippen LogP) is 2.70. The van der Waals surface area contributed by atoms with Gasteiger partial charge in [0.1, 0.15) is 0 Å². The molecule has 1 aromatic carbocycles. The van der Waals surface area contributed by atoms with Gasteiger partial charge in [-0.3, -0.25) is 4.90 Å². The molecule has 0 radical (unpaired) electrons. The normalized spacial score (nSPS) is 21.4. The Bertz CT molecular complexity index is 465. The molecule has 1 unspecified atom stereocenters. The van der Waals surface area contributed by atoms with Gasteiger partial charge in [-0.25, -0.2) is 0 Å². The van der Waals surface area contributed by atoms with E-state index in [9.17, 15) is 0 Å². The first kappa shape index (κ1) is 13.5. The van der Waals surface area contributed by atoms with Gasteiger partial charge in [-0.2, -0.15) is 0 Å². The molecule has 3 N–H and O–H groups in total. The second-order valence-electron chi connectivity index (χ2n) is 4.40. The van der Waals surface area contributed by atoms with Gasteiger partial charge in [-0.15, -0.1) is 0 Å². The summed E-state index contributed by atoms with van der Waals surface area (Å²) in [6, 6.07) is 5.58. The van der Waals surface area contributed by atoms with Gasteiger partial charge in [-0.05, 0) is 37.1 Å². The predicted molar refractivity (Wildman–Crippen MR) is 73.3 cm³/mol. The Labute approximate surface area is 116 Å². The second kappa shape index (κ2) is 5.78. The SMILES string of the molecule is NC(=NO)C1CCCN1Cc1ccc(Cl)c(Cl)c1. The van der Waals surface area contributed by atoms with Crippen molar-refractivity contribution in [2.45, 2.75) is 25.4 Å². The van der Waals surface area contributed by atoms with E-state index in [1.54, 1.807) is 6.07 Å². The molecule has 0 saturated carbocycles. The van der Waals surface area contributed by atoms with Gasteiger partial charge < -0.3 is 10.9 Å². The molecule has 1 fully saturated rings. The molecule has 18 heavy (non-hydrogen) atoms. The average Bonchev–Trinajstić information content (AvgIpc) is 2.81. The zero-order valence-electron chi connectivity index (χ0n) is 9.81. The van der Waals surface area contributed by atoms with Crippen molar-refractivity contribution in [2.24, 2.45) is 10.9 Å². The molecule has 0 aromatic heterocycles. The third-order valence-electron chi connectivity index (χ3n) is 3.19. The quantitative estimate of drug-likeness (QED) is 0.389. The summed E-state index contributed by atoms with van der Waals surface area (Å²) in [4.78, 5) is 2.18. The van der Waals surface area contributed by atoms with Crippen LogP contribution in [-0.4, -0.2) is 28.5 Å². The van der Waals surface area contributed by atoms with E-state index in [4.69, 9.17) is 34.1 Å². The number of likely N-dealkylation sites (tertiary alicyclic amines) is 1. The number of amidine groups is 1. The van der Waals surface area contributed by atoms with Gasteiger partial charge in [0.15, 0.2) is 5.84 Å². The van der Waals surface area contributed by atoms with Crippen LogP contribution in [0.5, 0.6) is 0 Å². The summed E-state index contributed by atoms with van der Waals surface area (Å²) in [7, 11) is 0. The van der Waals surface area contributed by atoms with Crippen molar-refractivity contribution < 1.29 is 5.21 Å². The average molecular weight is 288 g/mol. The number of hydrogen-bond donors (Lipinski definition) is 2. The van der Waals surface area contributed by atoms with Gasteiger partial charge >= 0.3 is 0 Å². The Kier molecular flexibility index (Phi) is 4.32. The van der Waals surface area contributed by atoms with Gasteiger partial charge in [-0.1, -0.05) is 34.4 Å². The number of oxime groups is 1. The monoisotopic (exact) mass is 287 g/mol. The molecule has 1 aliphatic rings. The van der Waals surface area contributed by atoms with Crippen LogP contribution in [-0.2, 0) is 6.54 Å². The Hall–Kier alpha value is -0.970. The van der Waals surface area contributed by atoms with Crippen LogP contribution < -0.4 is 5.73 Å². The third kappa shape index (κ3) is 2.88. The van der Waals surface area contributed by atoms with E-state index >= 15 is 0 Å². The van der Waals surface area contributed by atoms with Crippen LogP contribution in [0.2, 0.25) is 10.0 Å². The summed E-state index contributed by atoms with van der Waals surface area (Å²) in [5.74, 6) is 0.271. The van der Waals surface area contributed by atoms with Crippen LogP contribution in [0, 0.1) is 0 Å². The number of benzene rings is 1. The lowest BCUT2D eigenvalue weighted by Gasteiger charge is -2.23. The number of nitrogens with two attached hydrogens (primary N) is 1. The first-order chi connectivity index (χ1) is 8.61. The second-order valence-corrected chi connectivity index (χ2v) is 5.22. The van der Waals surface area contributed by atoms with Crippen LogP contribution in [0.15, 0.2) is 23.4 Å². The van der Waals surface area contributed by atoms with Crippen molar-refractivity contribution in [3.8, 4) is 0 Å². The zero-order chi connectivity index (χ0) is 13.1. The van der Waals surface area contributed by atoms with Crippen molar-refractivity contribution in [3.05, 3.63) is 33.8 Å². The molecule has 1 atom stereocenters. The summed E-state index contributed by atoms with van der Waals surface area (Å²) < 4.78 is 0. The molecule has 4 nitrogen and oxygen atoms in total. The molecule has 98 valence electrons. The molecule has 0 bridgehead atoms. The topological polar surface area (TPSA) is 61.9 Å². The summed E-state index contributed by atoms with van der Waals surface area (Å²) in [5, 5.41) is 13.0. The van der Waals surface area contributed by atoms with Crippen LogP contribution in [0.1, 0.15) is 18.4 Å². The van der Waals surface area contributed by atoms with E-state index in [2.05, 4.69) is 10.1 Å². The van der Waals surface area contributed by atoms with E-state index in [1.807, 2.05) is 12.1 Å². The maximum atomic E-state index is 8.76. The lowest BCUT2D eigenvalue weighted by atomic mass is 10.1. The first-order valence-electron chi connectivity index (χ1n) is 5.77. The number of nitrogens with zero attached hydrogens (tertiary/aromatic N) is 2. The van der Waals surface area contributed by atoms with Crippen LogP contribution in [0.3, 0.4) is 0 Å². The summed E-state index contributed by atoms with van der Waals surface area (Å²) >= 11 is 11.9. The van der Waals surface area contributed by atoms with Crippen molar-refractivity contribution in [1.82, 2.24) is 4.90 Å². The largest absolute Gasteiger partial charge is 0.409 e. The third-order valence-corrected chi connectivity index (χ3v) is 3.93. The minimum atomic E-state index is 0.00412. The number of halogens is 2. The molecular formula is C12H15Cl2N3O. The highest BCUT2D eigenvalue weighted by atomic mass is 35.5. The summed E-state index contributed by atoms with van der Waals surface area (Å²) in [5.41, 5.74) is 6.76. The van der Waals surface area contributed by atoms with E-state index in [1.165, 1.54) is 0 Å². The minimum Gasteiger partial charge on any atom is -0.409 e. The van der Waals surface area contributed by atoms with E-state index in [-0.39, 0.29) is 11.9 Å². The van der Waals surface area contributed by atoms with E-state index < -0.39 is 0 Å². The highest BCUT2D eigenvalue weighted by molar-refractivity contribution is 6.42. The molecule has 0 spiro atoms. The first-order valence-corrected chi connectivity index (χ1v) is 6.53. The van der Waals surface area contributed by atoms with Crippen LogP contribution in [0.4, 0.5) is 0 Å². The minimum absolute atomic E-state index is 0.00412. The lowest BCUT2D eigenvalue weighted by Crippen LogP contribution is -2.40. The van der Waals surface area contributed by atoms with Gasteiger partial charge in [0, 0.05) is 6.54 Å². The summed E-state index contributed by atoms with van der Waals surface area (Å²) in [6.45, 7) is 1.65. The van der Waals surface area contributed by atoms with Crippen LogP contribution in [0.25, 0.3) is 0 Å². The van der Waals surface area contributed by atoms with E-state index in [0.717, 1.165) is 31.5 Å². The maximum absolute atomic E-state index is 8.76. The van der Waals surface area contributed by atoms with Crippen molar-refractivity contribution in [1.29, 1.82) is 0 Å². The van der Waals surface area contributed by atoms with E-state index in [0.29, 0.717) is 10.0 Å². The Morgan fingerprint density at radius 3 is 2.89 bits per heavy atom. The molecule has 1 saturated heterocycles. The lowest BCUT2D eigenvalue weighted by molar-refractivity contribution is 0.275. The zero-order valence-corrected chi connectivity index (χ0v) is 11.3. The smallest absolute Gasteiger partial charge is 0.156 e. The molecule has 0 aliphatic carbocycles. The molecule has 1 heterocycles. The van der Waals surface area contributed by atoms with Crippen molar-refractivity contribution >= 4 is 29.0 Å². The Morgan fingerprint density at radius 2 is 2.22 bits per heavy atom. The highest BCUT2D eigenvalue weighted by Crippen LogP contribution is 2.25. The standard InChI is InChI=1S/C12H15Cl2N3O/c13-9-4-3-8(6-10(9)14)7-17-5-1-2-11(17)12(15)16-18/h3-4,6,11,18H,1-2,5,7H2,(H2,15,16). The fourth-order valence-electron chi connectivity index (χ4n) is 2.29. The van der Waals surface area contributed by atoms with Crippen molar-refractivity contribution in [3.63, 3.8) is 0 Å². The molecule has 2 rings (SSSR count). The Balaban J connectivity index is 2.10.